The van der Waals surface area contributed by atoms with Gasteiger partial charge in [0.15, 0.2) is 0 Å². The van der Waals surface area contributed by atoms with Crippen molar-refractivity contribution in [2.45, 2.75) is 13.8 Å². The molecule has 1 aromatic rings. The van der Waals surface area contributed by atoms with E-state index >= 15 is 0 Å². The maximum atomic E-state index is 12.0. The molecule has 126 valence electrons. The van der Waals surface area contributed by atoms with E-state index in [1.807, 2.05) is 17.0 Å². The van der Waals surface area contributed by atoms with Gasteiger partial charge in [-0.1, -0.05) is 13.8 Å². The summed E-state index contributed by atoms with van der Waals surface area (Å²) in [7, 11) is 1.37. The lowest BCUT2D eigenvalue weighted by Crippen LogP contribution is -2.52. The third-order valence-electron chi connectivity index (χ3n) is 3.88. The zero-order chi connectivity index (χ0) is 16.8. The average molecular weight is 319 g/mol. The van der Waals surface area contributed by atoms with Crippen molar-refractivity contribution in [2.75, 3.05) is 44.7 Å². The fourth-order valence-corrected chi connectivity index (χ4v) is 2.50. The first-order chi connectivity index (χ1) is 11.0. The molecule has 0 spiro atoms. The summed E-state index contributed by atoms with van der Waals surface area (Å²) in [6.07, 6.45) is 0. The van der Waals surface area contributed by atoms with Crippen LogP contribution in [0.4, 0.5) is 10.5 Å². The highest BCUT2D eigenvalue weighted by molar-refractivity contribution is 5.89. The SMILES string of the molecule is COC(=O)c1ccc(N2CCN(C(=O)NCC(C)C)CC2)cc1. The first-order valence-corrected chi connectivity index (χ1v) is 7.97. The van der Waals surface area contributed by atoms with Gasteiger partial charge in [0.05, 0.1) is 12.7 Å². The summed E-state index contributed by atoms with van der Waals surface area (Å²) >= 11 is 0. The second kappa shape index (κ2) is 7.85. The van der Waals surface area contributed by atoms with Gasteiger partial charge in [0.2, 0.25) is 0 Å². The molecule has 0 bridgehead atoms. The van der Waals surface area contributed by atoms with Crippen LogP contribution in [0, 0.1) is 5.92 Å². The predicted octanol–water partition coefficient (Wildman–Crippen LogP) is 1.96. The minimum Gasteiger partial charge on any atom is -0.465 e. The number of ether oxygens (including phenoxy) is 1. The largest absolute Gasteiger partial charge is 0.465 e. The van der Waals surface area contributed by atoms with Crippen molar-refractivity contribution in [1.82, 2.24) is 10.2 Å². The monoisotopic (exact) mass is 319 g/mol. The lowest BCUT2D eigenvalue weighted by Gasteiger charge is -2.36. The fraction of sp³-hybridized carbons (Fsp3) is 0.529. The quantitative estimate of drug-likeness (QED) is 0.862. The van der Waals surface area contributed by atoms with E-state index in [0.717, 1.165) is 18.8 Å². The summed E-state index contributed by atoms with van der Waals surface area (Å²) in [5, 5.41) is 2.95. The highest BCUT2D eigenvalue weighted by atomic mass is 16.5. The number of urea groups is 1. The number of methoxy groups -OCH3 is 1. The summed E-state index contributed by atoms with van der Waals surface area (Å²) < 4.78 is 4.70. The number of benzene rings is 1. The van der Waals surface area contributed by atoms with Crippen LogP contribution in [-0.2, 0) is 4.74 Å². The highest BCUT2D eigenvalue weighted by Gasteiger charge is 2.21. The second-order valence-electron chi connectivity index (χ2n) is 6.09. The van der Waals surface area contributed by atoms with E-state index in [1.54, 1.807) is 12.1 Å². The molecule has 1 heterocycles. The van der Waals surface area contributed by atoms with E-state index in [9.17, 15) is 9.59 Å². The van der Waals surface area contributed by atoms with Crippen molar-refractivity contribution in [2.24, 2.45) is 5.92 Å². The Bertz CT molecular complexity index is 535. The molecular formula is C17H25N3O3. The Morgan fingerprint density at radius 2 is 1.74 bits per heavy atom. The Balaban J connectivity index is 1.86. The molecule has 23 heavy (non-hydrogen) atoms. The number of nitrogens with one attached hydrogen (secondary N) is 1. The van der Waals surface area contributed by atoms with Gasteiger partial charge < -0.3 is 19.9 Å². The zero-order valence-electron chi connectivity index (χ0n) is 14.0. The molecular weight excluding hydrogens is 294 g/mol. The fourth-order valence-electron chi connectivity index (χ4n) is 2.50. The van der Waals surface area contributed by atoms with E-state index in [1.165, 1.54) is 7.11 Å². The van der Waals surface area contributed by atoms with Crippen molar-refractivity contribution >= 4 is 17.7 Å². The number of carbonyl (C=O) groups excluding carboxylic acids is 2. The minimum absolute atomic E-state index is 0.0133. The van der Waals surface area contributed by atoms with Crippen LogP contribution in [0.2, 0.25) is 0 Å². The van der Waals surface area contributed by atoms with Crippen LogP contribution in [-0.4, -0.2) is 56.7 Å². The van der Waals surface area contributed by atoms with Crippen molar-refractivity contribution in [3.8, 4) is 0 Å². The summed E-state index contributed by atoms with van der Waals surface area (Å²) in [6, 6.07) is 7.38. The molecule has 0 aliphatic carbocycles. The number of piperazine rings is 1. The number of rotatable bonds is 4. The topological polar surface area (TPSA) is 61.9 Å². The van der Waals surface area contributed by atoms with E-state index in [-0.39, 0.29) is 12.0 Å². The number of anilines is 1. The maximum absolute atomic E-state index is 12.0. The Morgan fingerprint density at radius 3 is 2.26 bits per heavy atom. The lowest BCUT2D eigenvalue weighted by atomic mass is 10.2. The molecule has 6 heteroatoms. The van der Waals surface area contributed by atoms with Crippen molar-refractivity contribution in [3.63, 3.8) is 0 Å². The molecule has 0 saturated carbocycles. The molecule has 1 fully saturated rings. The predicted molar refractivity (Wildman–Crippen MR) is 89.8 cm³/mol. The average Bonchev–Trinajstić information content (AvgIpc) is 2.59. The van der Waals surface area contributed by atoms with Crippen LogP contribution < -0.4 is 10.2 Å². The molecule has 1 aliphatic rings. The van der Waals surface area contributed by atoms with Gasteiger partial charge in [0.25, 0.3) is 0 Å². The van der Waals surface area contributed by atoms with Crippen molar-refractivity contribution in [1.29, 1.82) is 0 Å². The molecule has 6 nitrogen and oxygen atoms in total. The van der Waals surface area contributed by atoms with E-state index in [0.29, 0.717) is 31.1 Å². The van der Waals surface area contributed by atoms with Gasteiger partial charge in [0, 0.05) is 38.4 Å². The number of amides is 2. The molecule has 0 aromatic heterocycles. The van der Waals surface area contributed by atoms with Crippen LogP contribution in [0.15, 0.2) is 24.3 Å². The van der Waals surface area contributed by atoms with Gasteiger partial charge in [-0.05, 0) is 30.2 Å². The van der Waals surface area contributed by atoms with Crippen LogP contribution in [0.25, 0.3) is 0 Å². The number of hydrogen-bond donors (Lipinski definition) is 1. The van der Waals surface area contributed by atoms with Gasteiger partial charge in [-0.3, -0.25) is 0 Å². The molecule has 0 radical (unpaired) electrons. The highest BCUT2D eigenvalue weighted by Crippen LogP contribution is 2.17. The number of nitrogens with zero attached hydrogens (tertiary/aromatic N) is 2. The van der Waals surface area contributed by atoms with E-state index < -0.39 is 0 Å². The van der Waals surface area contributed by atoms with E-state index in [2.05, 4.69) is 24.1 Å². The second-order valence-corrected chi connectivity index (χ2v) is 6.09. The Hall–Kier alpha value is -2.24. The Labute approximate surface area is 137 Å². The zero-order valence-corrected chi connectivity index (χ0v) is 14.0. The van der Waals surface area contributed by atoms with E-state index in [4.69, 9.17) is 4.74 Å². The molecule has 1 aromatic carbocycles. The molecule has 2 amide bonds. The number of hydrogen-bond acceptors (Lipinski definition) is 4. The number of carbonyl (C=O) groups is 2. The minimum atomic E-state index is -0.330. The number of esters is 1. The molecule has 1 N–H and O–H groups in total. The Kier molecular flexibility index (Phi) is 5.84. The van der Waals surface area contributed by atoms with Gasteiger partial charge in [0.1, 0.15) is 0 Å². The molecule has 0 unspecified atom stereocenters. The molecule has 1 aliphatic heterocycles. The smallest absolute Gasteiger partial charge is 0.337 e. The Morgan fingerprint density at radius 1 is 1.13 bits per heavy atom. The lowest BCUT2D eigenvalue weighted by molar-refractivity contribution is 0.0600. The summed E-state index contributed by atoms with van der Waals surface area (Å²) in [4.78, 5) is 27.5. The van der Waals surface area contributed by atoms with Crippen LogP contribution in [0.3, 0.4) is 0 Å². The third kappa shape index (κ3) is 4.61. The van der Waals surface area contributed by atoms with Crippen molar-refractivity contribution < 1.29 is 14.3 Å². The molecule has 1 saturated heterocycles. The standard InChI is InChI=1S/C17H25N3O3/c1-13(2)12-18-17(22)20-10-8-19(9-11-20)15-6-4-14(5-7-15)16(21)23-3/h4-7,13H,8-12H2,1-3H3,(H,18,22). The molecule has 2 rings (SSSR count). The molecule has 0 atom stereocenters. The van der Waals surface area contributed by atoms with Gasteiger partial charge >= 0.3 is 12.0 Å². The van der Waals surface area contributed by atoms with Crippen LogP contribution >= 0.6 is 0 Å². The summed E-state index contributed by atoms with van der Waals surface area (Å²) in [6.45, 7) is 7.82. The maximum Gasteiger partial charge on any atom is 0.337 e. The third-order valence-corrected chi connectivity index (χ3v) is 3.88. The van der Waals surface area contributed by atoms with Gasteiger partial charge in [-0.25, -0.2) is 9.59 Å². The first kappa shape index (κ1) is 17.1. The van der Waals surface area contributed by atoms with Crippen LogP contribution in [0.5, 0.6) is 0 Å². The first-order valence-electron chi connectivity index (χ1n) is 7.97. The van der Waals surface area contributed by atoms with Crippen molar-refractivity contribution in [3.05, 3.63) is 29.8 Å². The summed E-state index contributed by atoms with van der Waals surface area (Å²) in [5.74, 6) is 0.122. The van der Waals surface area contributed by atoms with Gasteiger partial charge in [-0.2, -0.15) is 0 Å². The summed E-state index contributed by atoms with van der Waals surface area (Å²) in [5.41, 5.74) is 1.60. The normalized spacial score (nSPS) is 14.8. The van der Waals surface area contributed by atoms with Crippen LogP contribution in [0.1, 0.15) is 24.2 Å². The van der Waals surface area contributed by atoms with Gasteiger partial charge in [-0.15, -0.1) is 0 Å².